The van der Waals surface area contributed by atoms with Crippen molar-refractivity contribution in [1.29, 1.82) is 5.26 Å². The van der Waals surface area contributed by atoms with Crippen LogP contribution in [-0.4, -0.2) is 25.7 Å². The topological polar surface area (TPSA) is 71.3 Å². The molecule has 0 heterocycles. The fraction of sp³-hybridized carbons (Fsp3) is 0.545. The number of amides is 1. The van der Waals surface area contributed by atoms with Crippen LogP contribution in [0.2, 0.25) is 0 Å². The lowest BCUT2D eigenvalue weighted by Crippen LogP contribution is -2.41. The quantitative estimate of drug-likeness (QED) is 0.416. The molecule has 1 amide bonds. The minimum atomic E-state index is -0.307. The maximum absolute atomic E-state index is 12.5. The van der Waals surface area contributed by atoms with Gasteiger partial charge in [-0.2, -0.15) is 5.26 Å². The zero-order valence-corrected chi connectivity index (χ0v) is 16.6. The highest BCUT2D eigenvalue weighted by molar-refractivity contribution is 6.01. The van der Waals surface area contributed by atoms with Crippen molar-refractivity contribution in [2.24, 2.45) is 5.92 Å². The number of nitrogens with zero attached hydrogens (tertiary/aromatic N) is 1. The van der Waals surface area contributed by atoms with Crippen molar-refractivity contribution in [3.8, 4) is 17.6 Å². The summed E-state index contributed by atoms with van der Waals surface area (Å²) in [6.07, 6.45) is 8.06. The highest BCUT2D eigenvalue weighted by Crippen LogP contribution is 2.29. The average Bonchev–Trinajstić information content (AvgIpc) is 2.68. The van der Waals surface area contributed by atoms with Crippen LogP contribution in [-0.2, 0) is 4.79 Å². The summed E-state index contributed by atoms with van der Waals surface area (Å²) in [6, 6.07) is 7.60. The zero-order chi connectivity index (χ0) is 19.6. The van der Waals surface area contributed by atoms with Crippen molar-refractivity contribution in [3.05, 3.63) is 29.3 Å². The van der Waals surface area contributed by atoms with E-state index < -0.39 is 0 Å². The van der Waals surface area contributed by atoms with Gasteiger partial charge in [0.1, 0.15) is 11.6 Å². The summed E-state index contributed by atoms with van der Waals surface area (Å²) < 4.78 is 11.1. The summed E-state index contributed by atoms with van der Waals surface area (Å²) in [6.45, 7) is 4.90. The van der Waals surface area contributed by atoms with Gasteiger partial charge in [-0.05, 0) is 49.0 Å². The molecule has 1 N–H and O–H groups in total. The fourth-order valence-electron chi connectivity index (χ4n) is 3.31. The van der Waals surface area contributed by atoms with Crippen LogP contribution < -0.4 is 14.8 Å². The van der Waals surface area contributed by atoms with Crippen LogP contribution in [0.3, 0.4) is 0 Å². The van der Waals surface area contributed by atoms with E-state index in [1.165, 1.54) is 6.42 Å². The number of ether oxygens (including phenoxy) is 2. The van der Waals surface area contributed by atoms with E-state index in [4.69, 9.17) is 9.47 Å². The first-order valence-corrected chi connectivity index (χ1v) is 9.82. The van der Waals surface area contributed by atoms with Crippen LogP contribution in [0.4, 0.5) is 0 Å². The third-order valence-corrected chi connectivity index (χ3v) is 5.05. The van der Waals surface area contributed by atoms with E-state index in [1.807, 2.05) is 18.2 Å². The lowest BCUT2D eigenvalue weighted by molar-refractivity contribution is -0.118. The van der Waals surface area contributed by atoms with Gasteiger partial charge in [-0.1, -0.05) is 39.2 Å². The Kier molecular flexibility index (Phi) is 8.19. The van der Waals surface area contributed by atoms with Crippen molar-refractivity contribution in [3.63, 3.8) is 0 Å². The largest absolute Gasteiger partial charge is 0.493 e. The predicted octanol–water partition coefficient (Wildman–Crippen LogP) is 4.48. The molecule has 1 aromatic carbocycles. The Morgan fingerprint density at radius 1 is 1.33 bits per heavy atom. The minimum Gasteiger partial charge on any atom is -0.493 e. The van der Waals surface area contributed by atoms with Gasteiger partial charge >= 0.3 is 0 Å². The second-order valence-corrected chi connectivity index (χ2v) is 7.12. The molecule has 0 spiro atoms. The normalized spacial score (nSPS) is 19.9. The molecule has 0 unspecified atom stereocenters. The summed E-state index contributed by atoms with van der Waals surface area (Å²) in [7, 11) is 1.58. The molecule has 0 aromatic heterocycles. The van der Waals surface area contributed by atoms with Crippen molar-refractivity contribution in [2.45, 2.75) is 58.4 Å². The predicted molar refractivity (Wildman–Crippen MR) is 107 cm³/mol. The van der Waals surface area contributed by atoms with E-state index in [1.54, 1.807) is 19.3 Å². The van der Waals surface area contributed by atoms with Crippen molar-refractivity contribution in [2.75, 3.05) is 13.7 Å². The van der Waals surface area contributed by atoms with Gasteiger partial charge in [-0.25, -0.2) is 0 Å². The van der Waals surface area contributed by atoms with Crippen LogP contribution in [0.25, 0.3) is 6.08 Å². The van der Waals surface area contributed by atoms with Crippen LogP contribution >= 0.6 is 0 Å². The molecule has 0 aliphatic heterocycles. The molecule has 1 fully saturated rings. The maximum Gasteiger partial charge on any atom is 0.262 e. The maximum atomic E-state index is 12.5. The molecule has 0 bridgehead atoms. The van der Waals surface area contributed by atoms with E-state index in [9.17, 15) is 10.1 Å². The fourth-order valence-corrected chi connectivity index (χ4v) is 3.31. The van der Waals surface area contributed by atoms with Crippen LogP contribution in [0.5, 0.6) is 11.5 Å². The zero-order valence-electron chi connectivity index (χ0n) is 16.6. The lowest BCUT2D eigenvalue weighted by atomic mass is 9.86. The van der Waals surface area contributed by atoms with Gasteiger partial charge < -0.3 is 14.8 Å². The number of carbonyl (C=O) groups is 1. The Labute approximate surface area is 162 Å². The Balaban J connectivity index is 2.11. The second-order valence-electron chi connectivity index (χ2n) is 7.12. The number of methoxy groups -OCH3 is 1. The van der Waals surface area contributed by atoms with Crippen LogP contribution in [0.1, 0.15) is 57.9 Å². The molecule has 1 aliphatic carbocycles. The number of hydrogen-bond acceptors (Lipinski definition) is 4. The average molecular weight is 370 g/mol. The lowest BCUT2D eigenvalue weighted by Gasteiger charge is -2.29. The van der Waals surface area contributed by atoms with Crippen molar-refractivity contribution >= 4 is 12.0 Å². The molecule has 146 valence electrons. The Morgan fingerprint density at radius 2 is 2.11 bits per heavy atom. The number of benzene rings is 1. The molecule has 2 rings (SSSR count). The third kappa shape index (κ3) is 6.02. The van der Waals surface area contributed by atoms with Crippen molar-refractivity contribution < 1.29 is 14.3 Å². The number of nitriles is 1. The molecule has 5 heteroatoms. The van der Waals surface area contributed by atoms with Crippen LogP contribution in [0, 0.1) is 17.2 Å². The monoisotopic (exact) mass is 370 g/mol. The summed E-state index contributed by atoms with van der Waals surface area (Å²) >= 11 is 0. The van der Waals surface area contributed by atoms with E-state index in [2.05, 4.69) is 19.2 Å². The first kappa shape index (κ1) is 20.8. The molecular weight excluding hydrogens is 340 g/mol. The number of nitrogens with one attached hydrogen (secondary N) is 1. The first-order chi connectivity index (χ1) is 13.1. The van der Waals surface area contributed by atoms with Gasteiger partial charge in [0.05, 0.1) is 13.7 Å². The number of carbonyl (C=O) groups excluding carboxylic acids is 1. The van der Waals surface area contributed by atoms with Gasteiger partial charge in [-0.15, -0.1) is 0 Å². The standard InChI is InChI=1S/C22H30N2O3/c1-4-5-12-27-20-11-10-17(14-21(20)26-3)13-18(15-23)22(25)24-19-9-7-6-8-16(19)2/h10-11,13-14,16,19H,4-9,12H2,1-3H3,(H,24,25)/b18-13+/t16-,19+/m1/s1. The van der Waals surface area contributed by atoms with E-state index >= 15 is 0 Å². The van der Waals surface area contributed by atoms with E-state index in [0.29, 0.717) is 24.0 Å². The third-order valence-electron chi connectivity index (χ3n) is 5.05. The Bertz CT molecular complexity index is 706. The van der Waals surface area contributed by atoms with E-state index in [-0.39, 0.29) is 17.5 Å². The van der Waals surface area contributed by atoms with E-state index in [0.717, 1.165) is 37.7 Å². The second kappa shape index (κ2) is 10.6. The SMILES string of the molecule is CCCCOc1ccc(/C=C(\C#N)C(=O)N[C@H]2CCCC[C@H]2C)cc1OC. The van der Waals surface area contributed by atoms with Gasteiger partial charge in [0.2, 0.25) is 0 Å². The number of hydrogen-bond donors (Lipinski definition) is 1. The molecule has 1 aromatic rings. The minimum absolute atomic E-state index is 0.106. The Morgan fingerprint density at radius 3 is 2.78 bits per heavy atom. The molecule has 0 radical (unpaired) electrons. The highest BCUT2D eigenvalue weighted by atomic mass is 16.5. The highest BCUT2D eigenvalue weighted by Gasteiger charge is 2.24. The Hall–Kier alpha value is -2.48. The van der Waals surface area contributed by atoms with Gasteiger partial charge in [0, 0.05) is 6.04 Å². The smallest absolute Gasteiger partial charge is 0.262 e. The summed E-state index contributed by atoms with van der Waals surface area (Å²) in [5.41, 5.74) is 0.840. The molecule has 27 heavy (non-hydrogen) atoms. The molecule has 1 aliphatic rings. The number of unbranched alkanes of at least 4 members (excludes halogenated alkanes) is 1. The van der Waals surface area contributed by atoms with Gasteiger partial charge in [0.15, 0.2) is 11.5 Å². The summed E-state index contributed by atoms with van der Waals surface area (Å²) in [5, 5.41) is 12.5. The molecular formula is C22H30N2O3. The van der Waals surface area contributed by atoms with Crippen LogP contribution in [0.15, 0.2) is 23.8 Å². The molecule has 0 saturated heterocycles. The van der Waals surface area contributed by atoms with Gasteiger partial charge in [-0.3, -0.25) is 4.79 Å². The van der Waals surface area contributed by atoms with Crippen molar-refractivity contribution in [1.82, 2.24) is 5.32 Å². The molecule has 2 atom stereocenters. The van der Waals surface area contributed by atoms with Gasteiger partial charge in [0.25, 0.3) is 5.91 Å². The first-order valence-electron chi connectivity index (χ1n) is 9.82. The summed E-state index contributed by atoms with van der Waals surface area (Å²) in [4.78, 5) is 12.5. The molecule has 1 saturated carbocycles. The molecule has 5 nitrogen and oxygen atoms in total. The summed E-state index contributed by atoms with van der Waals surface area (Å²) in [5.74, 6) is 1.40. The number of rotatable bonds is 8.